The van der Waals surface area contributed by atoms with Crippen LogP contribution in [0.2, 0.25) is 0 Å². The Morgan fingerprint density at radius 3 is 2.83 bits per heavy atom. The largest absolute Gasteiger partial charge is 0.493 e. The first kappa shape index (κ1) is 15.4. The van der Waals surface area contributed by atoms with Crippen molar-refractivity contribution in [3.05, 3.63) is 41.4 Å². The first-order chi connectivity index (χ1) is 11.8. The molecular formula is C18H21N3O2S. The SMILES string of the molecule is O=C(C1CCOc2ccccc2C1)N1CCN(c2nccs2)CC1. The Balaban J connectivity index is 1.40. The van der Waals surface area contributed by atoms with Gasteiger partial charge in [0.2, 0.25) is 5.91 Å². The molecule has 1 saturated heterocycles. The van der Waals surface area contributed by atoms with E-state index < -0.39 is 0 Å². The average Bonchev–Trinajstić information content (AvgIpc) is 3.08. The fourth-order valence-corrected chi connectivity index (χ4v) is 4.15. The van der Waals surface area contributed by atoms with Crippen molar-refractivity contribution >= 4 is 22.4 Å². The van der Waals surface area contributed by atoms with Crippen LogP contribution in [0.1, 0.15) is 12.0 Å². The number of hydrogen-bond acceptors (Lipinski definition) is 5. The van der Waals surface area contributed by atoms with E-state index in [0.29, 0.717) is 6.61 Å². The molecular weight excluding hydrogens is 322 g/mol. The Bertz CT molecular complexity index is 696. The molecule has 0 saturated carbocycles. The predicted octanol–water partition coefficient (Wildman–Crippen LogP) is 2.43. The molecule has 6 heteroatoms. The third-order valence-electron chi connectivity index (χ3n) is 4.79. The molecule has 1 unspecified atom stereocenters. The Labute approximate surface area is 145 Å². The zero-order valence-electron chi connectivity index (χ0n) is 13.6. The van der Waals surface area contributed by atoms with E-state index in [4.69, 9.17) is 4.74 Å². The summed E-state index contributed by atoms with van der Waals surface area (Å²) < 4.78 is 5.80. The summed E-state index contributed by atoms with van der Waals surface area (Å²) >= 11 is 1.66. The van der Waals surface area contributed by atoms with Crippen LogP contribution in [-0.2, 0) is 11.2 Å². The Hall–Kier alpha value is -2.08. The van der Waals surface area contributed by atoms with Crippen LogP contribution in [0.3, 0.4) is 0 Å². The number of rotatable bonds is 2. The number of carbonyl (C=O) groups is 1. The molecule has 0 radical (unpaired) electrons. The molecule has 1 aromatic carbocycles. The lowest BCUT2D eigenvalue weighted by molar-refractivity contribution is -0.136. The summed E-state index contributed by atoms with van der Waals surface area (Å²) in [6.45, 7) is 3.89. The lowest BCUT2D eigenvalue weighted by Gasteiger charge is -2.36. The highest BCUT2D eigenvalue weighted by molar-refractivity contribution is 7.13. The molecule has 1 aromatic heterocycles. The lowest BCUT2D eigenvalue weighted by Crippen LogP contribution is -2.50. The maximum absolute atomic E-state index is 12.9. The van der Waals surface area contributed by atoms with E-state index in [1.165, 1.54) is 0 Å². The van der Waals surface area contributed by atoms with Crippen molar-refractivity contribution in [2.24, 2.45) is 5.92 Å². The van der Waals surface area contributed by atoms with Crippen LogP contribution in [0.25, 0.3) is 0 Å². The van der Waals surface area contributed by atoms with Gasteiger partial charge in [-0.15, -0.1) is 11.3 Å². The van der Waals surface area contributed by atoms with Gasteiger partial charge >= 0.3 is 0 Å². The molecule has 0 bridgehead atoms. The fourth-order valence-electron chi connectivity index (χ4n) is 3.45. The van der Waals surface area contributed by atoms with Gasteiger partial charge in [0.1, 0.15) is 5.75 Å². The van der Waals surface area contributed by atoms with Crippen LogP contribution in [-0.4, -0.2) is 48.6 Å². The molecule has 5 nitrogen and oxygen atoms in total. The Kier molecular flexibility index (Phi) is 4.38. The van der Waals surface area contributed by atoms with E-state index in [-0.39, 0.29) is 11.8 Å². The molecule has 24 heavy (non-hydrogen) atoms. The molecule has 1 fully saturated rings. The third-order valence-corrected chi connectivity index (χ3v) is 5.63. The van der Waals surface area contributed by atoms with E-state index in [0.717, 1.165) is 55.5 Å². The second-order valence-electron chi connectivity index (χ2n) is 6.27. The minimum absolute atomic E-state index is 0.0278. The van der Waals surface area contributed by atoms with E-state index in [2.05, 4.69) is 16.0 Å². The molecule has 126 valence electrons. The summed E-state index contributed by atoms with van der Waals surface area (Å²) in [5, 5.41) is 3.05. The highest BCUT2D eigenvalue weighted by Crippen LogP contribution is 2.28. The van der Waals surface area contributed by atoms with Gasteiger partial charge in [0.05, 0.1) is 6.61 Å². The number of benzene rings is 1. The number of fused-ring (bicyclic) bond motifs is 1. The molecule has 1 atom stereocenters. The molecule has 2 aromatic rings. The van der Waals surface area contributed by atoms with Gasteiger partial charge in [-0.3, -0.25) is 4.79 Å². The van der Waals surface area contributed by atoms with Crippen molar-refractivity contribution in [1.29, 1.82) is 0 Å². The normalized spacial score (nSPS) is 20.9. The van der Waals surface area contributed by atoms with Gasteiger partial charge in [-0.25, -0.2) is 4.98 Å². The number of carbonyl (C=O) groups excluding carboxylic acids is 1. The van der Waals surface area contributed by atoms with Crippen LogP contribution >= 0.6 is 11.3 Å². The van der Waals surface area contributed by atoms with Crippen LogP contribution < -0.4 is 9.64 Å². The van der Waals surface area contributed by atoms with E-state index >= 15 is 0 Å². The van der Waals surface area contributed by atoms with E-state index in [1.807, 2.05) is 34.7 Å². The van der Waals surface area contributed by atoms with Crippen molar-refractivity contribution in [2.45, 2.75) is 12.8 Å². The Morgan fingerprint density at radius 2 is 2.04 bits per heavy atom. The van der Waals surface area contributed by atoms with Crippen LogP contribution in [0, 0.1) is 5.92 Å². The molecule has 2 aliphatic rings. The predicted molar refractivity (Wildman–Crippen MR) is 94.7 cm³/mol. The minimum Gasteiger partial charge on any atom is -0.493 e. The number of ether oxygens (including phenoxy) is 1. The van der Waals surface area contributed by atoms with Crippen molar-refractivity contribution in [1.82, 2.24) is 9.88 Å². The number of nitrogens with zero attached hydrogens (tertiary/aromatic N) is 3. The van der Waals surface area contributed by atoms with E-state index in [9.17, 15) is 4.79 Å². The van der Waals surface area contributed by atoms with Gasteiger partial charge in [-0.2, -0.15) is 0 Å². The fraction of sp³-hybridized carbons (Fsp3) is 0.444. The van der Waals surface area contributed by atoms with Gasteiger partial charge in [0.15, 0.2) is 5.13 Å². The second-order valence-corrected chi connectivity index (χ2v) is 7.15. The van der Waals surface area contributed by atoms with E-state index in [1.54, 1.807) is 11.3 Å². The molecule has 0 aliphatic carbocycles. The van der Waals surface area contributed by atoms with Gasteiger partial charge in [-0.1, -0.05) is 18.2 Å². The topological polar surface area (TPSA) is 45.7 Å². The van der Waals surface area contributed by atoms with Crippen LogP contribution in [0.5, 0.6) is 5.75 Å². The summed E-state index contributed by atoms with van der Waals surface area (Å²) in [6, 6.07) is 8.07. The number of anilines is 1. The second kappa shape index (κ2) is 6.81. The van der Waals surface area contributed by atoms with Crippen molar-refractivity contribution in [2.75, 3.05) is 37.7 Å². The van der Waals surface area contributed by atoms with Crippen LogP contribution in [0.4, 0.5) is 5.13 Å². The first-order valence-electron chi connectivity index (χ1n) is 8.45. The zero-order valence-corrected chi connectivity index (χ0v) is 14.4. The summed E-state index contributed by atoms with van der Waals surface area (Å²) in [7, 11) is 0. The highest BCUT2D eigenvalue weighted by atomic mass is 32.1. The number of aromatic nitrogens is 1. The standard InChI is InChI=1S/C18H21N3O2S/c22-17(15-5-11-23-16-4-2-1-3-14(16)13-15)20-7-9-21(10-8-20)18-19-6-12-24-18/h1-4,6,12,15H,5,7-11,13H2. The molecule has 3 heterocycles. The summed E-state index contributed by atoms with van der Waals surface area (Å²) in [4.78, 5) is 21.6. The maximum atomic E-state index is 12.9. The van der Waals surface area contributed by atoms with Gasteiger partial charge in [0, 0.05) is 43.7 Å². The van der Waals surface area contributed by atoms with Crippen molar-refractivity contribution < 1.29 is 9.53 Å². The number of hydrogen-bond donors (Lipinski definition) is 0. The highest BCUT2D eigenvalue weighted by Gasteiger charge is 2.30. The number of thiazole rings is 1. The van der Waals surface area contributed by atoms with Crippen LogP contribution in [0.15, 0.2) is 35.8 Å². The van der Waals surface area contributed by atoms with Crippen molar-refractivity contribution in [3.63, 3.8) is 0 Å². The first-order valence-corrected chi connectivity index (χ1v) is 9.33. The third kappa shape index (κ3) is 3.11. The smallest absolute Gasteiger partial charge is 0.226 e. The van der Waals surface area contributed by atoms with Gasteiger partial charge in [-0.05, 0) is 24.5 Å². The maximum Gasteiger partial charge on any atom is 0.226 e. The molecule has 2 aliphatic heterocycles. The van der Waals surface area contributed by atoms with Crippen molar-refractivity contribution in [3.8, 4) is 5.75 Å². The quantitative estimate of drug-likeness (QED) is 0.840. The van der Waals surface area contributed by atoms with Gasteiger partial charge in [0.25, 0.3) is 0 Å². The Morgan fingerprint density at radius 1 is 1.21 bits per heavy atom. The summed E-state index contributed by atoms with van der Waals surface area (Å²) in [5.41, 5.74) is 1.15. The minimum atomic E-state index is 0.0278. The van der Waals surface area contributed by atoms with Gasteiger partial charge < -0.3 is 14.5 Å². The number of piperazine rings is 1. The summed E-state index contributed by atoms with van der Waals surface area (Å²) in [5.74, 6) is 1.23. The zero-order chi connectivity index (χ0) is 16.4. The monoisotopic (exact) mass is 343 g/mol. The summed E-state index contributed by atoms with van der Waals surface area (Å²) in [6.07, 6.45) is 3.41. The lowest BCUT2D eigenvalue weighted by atomic mass is 9.95. The molecule has 4 rings (SSSR count). The molecule has 0 spiro atoms. The number of amides is 1. The molecule has 0 N–H and O–H groups in total. The number of para-hydroxylation sites is 1. The average molecular weight is 343 g/mol. The molecule has 1 amide bonds.